The van der Waals surface area contributed by atoms with Crippen LogP contribution in [0.1, 0.15) is 12.0 Å². The second-order valence-corrected chi connectivity index (χ2v) is 6.67. The molecule has 0 fully saturated rings. The van der Waals surface area contributed by atoms with Crippen molar-refractivity contribution in [3.8, 4) is 11.5 Å². The number of halogens is 1. The van der Waals surface area contributed by atoms with E-state index in [9.17, 15) is 9.50 Å². The fourth-order valence-electron chi connectivity index (χ4n) is 2.23. The van der Waals surface area contributed by atoms with Crippen LogP contribution in [0.25, 0.3) is 0 Å². The lowest BCUT2D eigenvalue weighted by atomic mass is 10.2. The van der Waals surface area contributed by atoms with Crippen LogP contribution >= 0.6 is 11.8 Å². The molecular formula is C19H24FN3O2S. The Bertz CT molecular complexity index is 723. The third kappa shape index (κ3) is 6.48. The van der Waals surface area contributed by atoms with Crippen LogP contribution in [0, 0.1) is 5.82 Å². The van der Waals surface area contributed by atoms with Crippen LogP contribution in [0.2, 0.25) is 0 Å². The second-order valence-electron chi connectivity index (χ2n) is 5.50. The molecular weight excluding hydrogens is 353 g/mol. The Labute approximate surface area is 157 Å². The number of ether oxygens (including phenoxy) is 1. The zero-order valence-electron chi connectivity index (χ0n) is 15.0. The molecule has 0 atom stereocenters. The Morgan fingerprint density at radius 3 is 2.65 bits per heavy atom. The van der Waals surface area contributed by atoms with Crippen molar-refractivity contribution in [3.05, 3.63) is 53.8 Å². The Kier molecular flexibility index (Phi) is 8.08. The molecule has 0 heterocycles. The molecule has 2 rings (SSSR count). The van der Waals surface area contributed by atoms with Crippen LogP contribution in [-0.2, 0) is 6.54 Å². The van der Waals surface area contributed by atoms with Crippen LogP contribution in [0.15, 0.2) is 52.4 Å². The summed E-state index contributed by atoms with van der Waals surface area (Å²) in [4.78, 5) is 5.23. The van der Waals surface area contributed by atoms with Crippen molar-refractivity contribution in [2.24, 2.45) is 4.99 Å². The SMILES string of the molecule is CN=C(NCCCSc1ccc(F)cc1)NCc1cc(OC)ccc1O. The summed E-state index contributed by atoms with van der Waals surface area (Å²) < 4.78 is 18.0. The summed E-state index contributed by atoms with van der Waals surface area (Å²) in [6.45, 7) is 1.20. The molecule has 7 heteroatoms. The van der Waals surface area contributed by atoms with E-state index in [4.69, 9.17) is 4.74 Å². The molecule has 0 radical (unpaired) electrons. The van der Waals surface area contributed by atoms with E-state index in [2.05, 4.69) is 15.6 Å². The molecule has 0 unspecified atom stereocenters. The number of nitrogens with one attached hydrogen (secondary N) is 2. The minimum Gasteiger partial charge on any atom is -0.508 e. The summed E-state index contributed by atoms with van der Waals surface area (Å²) in [5.41, 5.74) is 0.735. The molecule has 5 nitrogen and oxygen atoms in total. The highest BCUT2D eigenvalue weighted by Crippen LogP contribution is 2.22. The number of aromatic hydroxyl groups is 1. The van der Waals surface area contributed by atoms with Crippen molar-refractivity contribution in [1.29, 1.82) is 0 Å². The van der Waals surface area contributed by atoms with Gasteiger partial charge in [-0.1, -0.05) is 0 Å². The average molecular weight is 377 g/mol. The number of nitrogens with zero attached hydrogens (tertiary/aromatic N) is 1. The van der Waals surface area contributed by atoms with Gasteiger partial charge < -0.3 is 20.5 Å². The number of hydrogen-bond donors (Lipinski definition) is 3. The highest BCUT2D eigenvalue weighted by Gasteiger charge is 2.05. The Balaban J connectivity index is 1.70. The first-order valence-electron chi connectivity index (χ1n) is 8.31. The third-order valence-electron chi connectivity index (χ3n) is 3.65. The predicted octanol–water partition coefficient (Wildman–Crippen LogP) is 3.39. The first kappa shape index (κ1) is 19.9. The molecule has 0 spiro atoms. The maximum atomic E-state index is 12.9. The van der Waals surface area contributed by atoms with E-state index >= 15 is 0 Å². The van der Waals surface area contributed by atoms with Crippen molar-refractivity contribution in [1.82, 2.24) is 10.6 Å². The van der Waals surface area contributed by atoms with E-state index in [0.717, 1.165) is 29.2 Å². The van der Waals surface area contributed by atoms with Gasteiger partial charge >= 0.3 is 0 Å². The van der Waals surface area contributed by atoms with Crippen LogP contribution < -0.4 is 15.4 Å². The molecule has 0 amide bonds. The van der Waals surface area contributed by atoms with Crippen molar-refractivity contribution in [3.63, 3.8) is 0 Å². The lowest BCUT2D eigenvalue weighted by molar-refractivity contribution is 0.410. The van der Waals surface area contributed by atoms with Crippen molar-refractivity contribution >= 4 is 17.7 Å². The number of hydrogen-bond acceptors (Lipinski definition) is 4. The molecule has 0 bridgehead atoms. The smallest absolute Gasteiger partial charge is 0.191 e. The zero-order chi connectivity index (χ0) is 18.8. The number of thioether (sulfide) groups is 1. The van der Waals surface area contributed by atoms with E-state index in [1.165, 1.54) is 12.1 Å². The first-order valence-corrected chi connectivity index (χ1v) is 9.29. The molecule has 26 heavy (non-hydrogen) atoms. The molecule has 0 aliphatic heterocycles. The Hall–Kier alpha value is -2.41. The van der Waals surface area contributed by atoms with Gasteiger partial charge in [-0.25, -0.2) is 4.39 Å². The highest BCUT2D eigenvalue weighted by molar-refractivity contribution is 7.99. The van der Waals surface area contributed by atoms with E-state index in [1.807, 2.05) is 0 Å². The topological polar surface area (TPSA) is 65.9 Å². The van der Waals surface area contributed by atoms with Gasteiger partial charge in [-0.05, 0) is 54.6 Å². The summed E-state index contributed by atoms with van der Waals surface area (Å²) >= 11 is 1.69. The molecule has 0 saturated heterocycles. The van der Waals surface area contributed by atoms with Gasteiger partial charge in [-0.3, -0.25) is 4.99 Å². The monoisotopic (exact) mass is 377 g/mol. The molecule has 0 aromatic heterocycles. The van der Waals surface area contributed by atoms with Gasteiger partial charge in [-0.15, -0.1) is 11.8 Å². The molecule has 140 valence electrons. The Morgan fingerprint density at radius 1 is 1.19 bits per heavy atom. The van der Waals surface area contributed by atoms with Gasteiger partial charge in [0.2, 0.25) is 0 Å². The first-order chi connectivity index (χ1) is 12.6. The molecule has 3 N–H and O–H groups in total. The fourth-order valence-corrected chi connectivity index (χ4v) is 3.08. The maximum absolute atomic E-state index is 12.9. The predicted molar refractivity (Wildman–Crippen MR) is 105 cm³/mol. The minimum absolute atomic E-state index is 0.212. The minimum atomic E-state index is -0.215. The van der Waals surface area contributed by atoms with Crippen molar-refractivity contribution in [2.45, 2.75) is 17.9 Å². The van der Waals surface area contributed by atoms with Crippen LogP contribution in [0.3, 0.4) is 0 Å². The number of methoxy groups -OCH3 is 1. The molecule has 0 aliphatic carbocycles. The van der Waals surface area contributed by atoms with Gasteiger partial charge in [0.15, 0.2) is 5.96 Å². The standard InChI is InChI=1S/C19H24FN3O2S/c1-21-19(23-13-14-12-16(25-2)6-9-18(14)24)22-10-3-11-26-17-7-4-15(20)5-8-17/h4-9,12,24H,3,10-11,13H2,1-2H3,(H2,21,22,23). The number of phenols is 1. The quantitative estimate of drug-likeness (QED) is 0.285. The number of rotatable bonds is 8. The lowest BCUT2D eigenvalue weighted by Gasteiger charge is -2.13. The third-order valence-corrected chi connectivity index (χ3v) is 4.75. The van der Waals surface area contributed by atoms with Gasteiger partial charge in [-0.2, -0.15) is 0 Å². The summed E-state index contributed by atoms with van der Waals surface area (Å²) in [5, 5.41) is 16.3. The lowest BCUT2D eigenvalue weighted by Crippen LogP contribution is -2.37. The molecule has 2 aromatic carbocycles. The van der Waals surface area contributed by atoms with Crippen LogP contribution in [0.4, 0.5) is 4.39 Å². The van der Waals surface area contributed by atoms with Gasteiger partial charge in [0.1, 0.15) is 17.3 Å². The van der Waals surface area contributed by atoms with Gasteiger partial charge in [0, 0.05) is 30.6 Å². The van der Waals surface area contributed by atoms with Crippen LogP contribution in [-0.4, -0.2) is 37.5 Å². The Morgan fingerprint density at radius 2 is 1.96 bits per heavy atom. The van der Waals surface area contributed by atoms with E-state index < -0.39 is 0 Å². The van der Waals surface area contributed by atoms with E-state index in [1.54, 1.807) is 56.3 Å². The summed E-state index contributed by atoms with van der Waals surface area (Å²) in [6, 6.07) is 11.6. The number of benzene rings is 2. The van der Waals surface area contributed by atoms with Gasteiger partial charge in [0.25, 0.3) is 0 Å². The van der Waals surface area contributed by atoms with Crippen LogP contribution in [0.5, 0.6) is 11.5 Å². The summed E-state index contributed by atoms with van der Waals surface area (Å²) in [7, 11) is 3.29. The number of phenolic OH excluding ortho intramolecular Hbond substituents is 1. The van der Waals surface area contributed by atoms with E-state index in [-0.39, 0.29) is 11.6 Å². The maximum Gasteiger partial charge on any atom is 0.191 e. The molecule has 0 saturated carbocycles. The average Bonchev–Trinajstić information content (AvgIpc) is 2.66. The second kappa shape index (κ2) is 10.6. The number of guanidine groups is 1. The molecule has 0 aliphatic rings. The largest absolute Gasteiger partial charge is 0.508 e. The molecule has 2 aromatic rings. The number of aliphatic imine (C=N–C) groups is 1. The van der Waals surface area contributed by atoms with E-state index in [0.29, 0.717) is 18.3 Å². The van der Waals surface area contributed by atoms with Crippen molar-refractivity contribution in [2.75, 3.05) is 26.5 Å². The fraction of sp³-hybridized carbons (Fsp3) is 0.316. The normalized spacial score (nSPS) is 11.3. The zero-order valence-corrected chi connectivity index (χ0v) is 15.8. The van der Waals surface area contributed by atoms with Crippen molar-refractivity contribution < 1.29 is 14.2 Å². The summed E-state index contributed by atoms with van der Waals surface area (Å²) in [5.74, 6) is 2.28. The highest BCUT2D eigenvalue weighted by atomic mass is 32.2. The summed E-state index contributed by atoms with van der Waals surface area (Å²) in [6.07, 6.45) is 0.938. The van der Waals surface area contributed by atoms with Gasteiger partial charge in [0.05, 0.1) is 7.11 Å².